The van der Waals surface area contributed by atoms with E-state index >= 15 is 0 Å². The van der Waals surface area contributed by atoms with E-state index in [0.29, 0.717) is 0 Å². The molecular weight excluding hydrogens is 243 g/mol. The van der Waals surface area contributed by atoms with Gasteiger partial charge in [0, 0.05) is 5.31 Å². The van der Waals surface area contributed by atoms with Gasteiger partial charge in [-0.2, -0.15) is 0 Å². The Morgan fingerprint density at radius 3 is 2.21 bits per heavy atom. The number of ether oxygens (including phenoxy) is 1. The van der Waals surface area contributed by atoms with Gasteiger partial charge in [-0.05, 0) is 47.0 Å². The van der Waals surface area contributed by atoms with Crippen LogP contribution >= 0.6 is 0 Å². The van der Waals surface area contributed by atoms with Crippen LogP contribution in [0.1, 0.15) is 53.4 Å². The van der Waals surface area contributed by atoms with Crippen LogP contribution in [0, 0.1) is 5.41 Å². The number of hydrogen-bond donors (Lipinski definition) is 0. The van der Waals surface area contributed by atoms with Gasteiger partial charge in [-0.25, -0.2) is 0 Å². The first kappa shape index (κ1) is 13.4. The van der Waals surface area contributed by atoms with Crippen LogP contribution in [0.4, 0.5) is 0 Å². The minimum atomic E-state index is -0.344. The molecule has 0 bridgehead atoms. The number of rotatable bonds is 2. The van der Waals surface area contributed by atoms with Gasteiger partial charge < -0.3 is 14.0 Å². The summed E-state index contributed by atoms with van der Waals surface area (Å²) in [5, 5.41) is -0.148. The van der Waals surface area contributed by atoms with Crippen molar-refractivity contribution in [3.05, 3.63) is 0 Å². The summed E-state index contributed by atoms with van der Waals surface area (Å²) in [6.45, 7) is 8.23. The zero-order valence-corrected chi connectivity index (χ0v) is 12.5. The van der Waals surface area contributed by atoms with E-state index in [9.17, 15) is 4.79 Å². The van der Waals surface area contributed by atoms with Crippen LogP contribution in [0.25, 0.3) is 0 Å². The Morgan fingerprint density at radius 1 is 1.11 bits per heavy atom. The molecule has 2 atom stereocenters. The molecule has 2 unspecified atom stereocenters. The monoisotopic (exact) mass is 266 g/mol. The fraction of sp³-hybridized carbons (Fsp3) is 0.929. The fourth-order valence-corrected chi connectivity index (χ4v) is 3.93. The smallest absolute Gasteiger partial charge is 0.465 e. The van der Waals surface area contributed by atoms with Gasteiger partial charge in [0.15, 0.2) is 0 Å². The van der Waals surface area contributed by atoms with Crippen LogP contribution in [-0.4, -0.2) is 31.4 Å². The first-order valence-corrected chi connectivity index (χ1v) is 7.15. The van der Waals surface area contributed by atoms with Crippen molar-refractivity contribution in [3.63, 3.8) is 0 Å². The lowest BCUT2D eigenvalue weighted by Crippen LogP contribution is -2.41. The molecule has 0 aromatic heterocycles. The Hall–Kier alpha value is -0.545. The molecule has 5 heteroatoms. The zero-order valence-electron chi connectivity index (χ0n) is 12.5. The SMILES string of the molecule is COC(=O)C12CCCC1(B1OC(C)(C)C(C)(C)O1)C2. The fourth-order valence-electron chi connectivity index (χ4n) is 3.93. The first-order valence-electron chi connectivity index (χ1n) is 7.15. The van der Waals surface area contributed by atoms with Gasteiger partial charge in [0.05, 0.1) is 23.7 Å². The molecule has 3 rings (SSSR count). The predicted octanol–water partition coefficient (Wildman–Crippen LogP) is 2.57. The van der Waals surface area contributed by atoms with Gasteiger partial charge in [0.1, 0.15) is 0 Å². The van der Waals surface area contributed by atoms with Crippen LogP contribution in [0.15, 0.2) is 0 Å². The third-order valence-electron chi connectivity index (χ3n) is 5.95. The summed E-state index contributed by atoms with van der Waals surface area (Å²) < 4.78 is 17.4. The summed E-state index contributed by atoms with van der Waals surface area (Å²) in [4.78, 5) is 12.1. The average molecular weight is 266 g/mol. The molecule has 1 aliphatic heterocycles. The van der Waals surface area contributed by atoms with Crippen molar-refractivity contribution >= 4 is 13.1 Å². The second-order valence-electron chi connectivity index (χ2n) is 7.35. The number of carbonyl (C=O) groups excluding carboxylic acids is 1. The summed E-state index contributed by atoms with van der Waals surface area (Å²) in [5.74, 6) is -0.0836. The molecular formula is C14H23BO4. The van der Waals surface area contributed by atoms with Gasteiger partial charge in [-0.3, -0.25) is 4.79 Å². The zero-order chi connectivity index (χ0) is 14.1. The van der Waals surface area contributed by atoms with E-state index in [2.05, 4.69) is 27.7 Å². The molecule has 0 aromatic carbocycles. The van der Waals surface area contributed by atoms with E-state index in [1.807, 2.05) is 0 Å². The van der Waals surface area contributed by atoms with Crippen LogP contribution in [-0.2, 0) is 18.8 Å². The van der Waals surface area contributed by atoms with Crippen molar-refractivity contribution in [1.82, 2.24) is 0 Å². The third kappa shape index (κ3) is 1.46. The van der Waals surface area contributed by atoms with Crippen molar-refractivity contribution in [2.24, 2.45) is 5.41 Å². The summed E-state index contributed by atoms with van der Waals surface area (Å²) in [5.41, 5.74) is -1.01. The van der Waals surface area contributed by atoms with Crippen molar-refractivity contribution in [2.45, 2.75) is 69.9 Å². The van der Waals surface area contributed by atoms with Crippen LogP contribution in [0.3, 0.4) is 0 Å². The van der Waals surface area contributed by atoms with E-state index in [1.165, 1.54) is 7.11 Å². The standard InChI is InChI=1S/C14H23BO4/c1-11(2)12(3,4)19-15(18-11)14-8-6-7-13(14,9-14)10(16)17-5/h6-9H2,1-5H3. The lowest BCUT2D eigenvalue weighted by atomic mass is 9.64. The van der Waals surface area contributed by atoms with E-state index in [-0.39, 0.29) is 35.0 Å². The molecule has 0 spiro atoms. The molecule has 2 saturated carbocycles. The minimum absolute atomic E-state index is 0.0836. The van der Waals surface area contributed by atoms with E-state index in [0.717, 1.165) is 25.7 Å². The molecule has 1 heterocycles. The van der Waals surface area contributed by atoms with Crippen LogP contribution < -0.4 is 0 Å². The molecule has 106 valence electrons. The highest BCUT2D eigenvalue weighted by molar-refractivity contribution is 6.52. The highest BCUT2D eigenvalue weighted by atomic mass is 16.7. The molecule has 0 radical (unpaired) electrons. The maximum absolute atomic E-state index is 12.1. The van der Waals surface area contributed by atoms with Gasteiger partial charge in [0.2, 0.25) is 0 Å². The largest absolute Gasteiger partial charge is 0.469 e. The molecule has 3 fully saturated rings. The number of fused-ring (bicyclic) bond motifs is 1. The molecule has 3 aliphatic rings. The second kappa shape index (κ2) is 3.56. The lowest BCUT2D eigenvalue weighted by molar-refractivity contribution is -0.147. The third-order valence-corrected chi connectivity index (χ3v) is 5.95. The molecule has 0 N–H and O–H groups in total. The Balaban J connectivity index is 1.88. The quantitative estimate of drug-likeness (QED) is 0.569. The van der Waals surface area contributed by atoms with Crippen molar-refractivity contribution < 1.29 is 18.8 Å². The van der Waals surface area contributed by atoms with Crippen molar-refractivity contribution in [2.75, 3.05) is 7.11 Å². The molecule has 19 heavy (non-hydrogen) atoms. The highest BCUT2D eigenvalue weighted by Crippen LogP contribution is 2.82. The summed E-state index contributed by atoms with van der Waals surface area (Å²) >= 11 is 0. The van der Waals surface area contributed by atoms with Gasteiger partial charge in [0.25, 0.3) is 0 Å². The van der Waals surface area contributed by atoms with Gasteiger partial charge in [-0.15, -0.1) is 0 Å². The Morgan fingerprint density at radius 2 is 1.68 bits per heavy atom. The summed E-state index contributed by atoms with van der Waals surface area (Å²) in [6, 6.07) is 0. The predicted molar refractivity (Wildman–Crippen MR) is 71.7 cm³/mol. The second-order valence-corrected chi connectivity index (χ2v) is 7.35. The average Bonchev–Trinajstić information content (AvgIpc) is 2.75. The highest BCUT2D eigenvalue weighted by Gasteiger charge is 2.82. The Kier molecular flexibility index (Phi) is 2.52. The molecule has 0 aromatic rings. The van der Waals surface area contributed by atoms with E-state index in [4.69, 9.17) is 14.0 Å². The minimum Gasteiger partial charge on any atom is -0.469 e. The normalized spacial score (nSPS) is 42.1. The summed E-state index contributed by atoms with van der Waals surface area (Å²) in [6.07, 6.45) is 3.81. The van der Waals surface area contributed by atoms with Crippen molar-refractivity contribution in [3.8, 4) is 0 Å². The van der Waals surface area contributed by atoms with Crippen molar-refractivity contribution in [1.29, 1.82) is 0 Å². The van der Waals surface area contributed by atoms with E-state index in [1.54, 1.807) is 0 Å². The van der Waals surface area contributed by atoms with Gasteiger partial charge >= 0.3 is 13.1 Å². The Bertz CT molecular complexity index is 417. The number of esters is 1. The molecule has 2 aliphatic carbocycles. The van der Waals surface area contributed by atoms with Crippen LogP contribution in [0.5, 0.6) is 0 Å². The lowest BCUT2D eigenvalue weighted by Gasteiger charge is -2.32. The molecule has 0 amide bonds. The van der Waals surface area contributed by atoms with Gasteiger partial charge in [-0.1, -0.05) is 6.42 Å². The Labute approximate surface area is 115 Å². The first-order chi connectivity index (χ1) is 8.71. The summed E-state index contributed by atoms with van der Waals surface area (Å²) in [7, 11) is 1.20. The maximum atomic E-state index is 12.1. The van der Waals surface area contributed by atoms with E-state index < -0.39 is 0 Å². The maximum Gasteiger partial charge on any atom is 0.465 e. The van der Waals surface area contributed by atoms with Crippen LogP contribution in [0.2, 0.25) is 5.31 Å². The molecule has 4 nitrogen and oxygen atoms in total. The number of hydrogen-bond acceptors (Lipinski definition) is 4. The number of methoxy groups -OCH3 is 1. The topological polar surface area (TPSA) is 44.8 Å². The molecule has 1 saturated heterocycles. The number of carbonyl (C=O) groups is 1.